The number of ether oxygens (including phenoxy) is 1. The standard InChI is InChI=1S/C18H22F3N5O/c1-24(2)16-12-15(18(19,20)21)22-17(23-16)26-10-8-25(9-11-26)13-4-6-14(27-3)7-5-13/h4-7,12H,8-11H2,1-3H3. The topological polar surface area (TPSA) is 44.7 Å². The van der Waals surface area contributed by atoms with Gasteiger partial charge in [-0.15, -0.1) is 0 Å². The molecule has 0 unspecified atom stereocenters. The maximum absolute atomic E-state index is 13.2. The zero-order valence-corrected chi connectivity index (χ0v) is 15.5. The van der Waals surface area contributed by atoms with Crippen molar-refractivity contribution in [3.05, 3.63) is 36.0 Å². The van der Waals surface area contributed by atoms with Gasteiger partial charge in [0, 0.05) is 52.0 Å². The molecule has 0 radical (unpaired) electrons. The van der Waals surface area contributed by atoms with Crippen LogP contribution in [0.2, 0.25) is 0 Å². The molecular weight excluding hydrogens is 359 g/mol. The van der Waals surface area contributed by atoms with E-state index in [1.165, 1.54) is 0 Å². The van der Waals surface area contributed by atoms with Gasteiger partial charge in [0.15, 0.2) is 5.69 Å². The molecule has 2 heterocycles. The van der Waals surface area contributed by atoms with E-state index in [-0.39, 0.29) is 11.8 Å². The molecule has 1 aliphatic heterocycles. The monoisotopic (exact) mass is 381 g/mol. The molecule has 1 aromatic heterocycles. The lowest BCUT2D eigenvalue weighted by atomic mass is 10.2. The molecule has 1 aliphatic rings. The molecule has 0 N–H and O–H groups in total. The highest BCUT2D eigenvalue weighted by Gasteiger charge is 2.34. The number of nitrogens with zero attached hydrogens (tertiary/aromatic N) is 5. The Morgan fingerprint density at radius 3 is 2.07 bits per heavy atom. The van der Waals surface area contributed by atoms with Gasteiger partial charge in [-0.3, -0.25) is 0 Å². The van der Waals surface area contributed by atoms with Crippen LogP contribution in [0.1, 0.15) is 5.69 Å². The highest BCUT2D eigenvalue weighted by atomic mass is 19.4. The summed E-state index contributed by atoms with van der Waals surface area (Å²) in [4.78, 5) is 13.6. The molecule has 9 heteroatoms. The van der Waals surface area contributed by atoms with Gasteiger partial charge in [0.25, 0.3) is 0 Å². The molecule has 3 rings (SSSR count). The van der Waals surface area contributed by atoms with Crippen molar-refractivity contribution in [1.29, 1.82) is 0 Å². The Hall–Kier alpha value is -2.71. The van der Waals surface area contributed by atoms with Crippen LogP contribution in [0.25, 0.3) is 0 Å². The molecule has 0 aliphatic carbocycles. The van der Waals surface area contributed by atoms with Gasteiger partial charge in [-0.05, 0) is 24.3 Å². The van der Waals surface area contributed by atoms with Crippen molar-refractivity contribution in [3.8, 4) is 5.75 Å². The number of piperazine rings is 1. The fourth-order valence-corrected chi connectivity index (χ4v) is 2.90. The number of hydrogen-bond donors (Lipinski definition) is 0. The number of aromatic nitrogens is 2. The van der Waals surface area contributed by atoms with E-state index in [1.807, 2.05) is 24.3 Å². The minimum atomic E-state index is -4.51. The molecule has 27 heavy (non-hydrogen) atoms. The lowest BCUT2D eigenvalue weighted by Gasteiger charge is -2.36. The Labute approximate surface area is 156 Å². The van der Waals surface area contributed by atoms with E-state index < -0.39 is 11.9 Å². The van der Waals surface area contributed by atoms with E-state index in [2.05, 4.69) is 14.9 Å². The van der Waals surface area contributed by atoms with E-state index in [1.54, 1.807) is 31.0 Å². The molecule has 6 nitrogen and oxygen atoms in total. The van der Waals surface area contributed by atoms with Gasteiger partial charge in [0.05, 0.1) is 7.11 Å². The third-order valence-electron chi connectivity index (χ3n) is 4.45. The summed E-state index contributed by atoms with van der Waals surface area (Å²) in [5, 5.41) is 0. The number of alkyl halides is 3. The molecule has 146 valence electrons. The van der Waals surface area contributed by atoms with Crippen molar-refractivity contribution in [1.82, 2.24) is 9.97 Å². The maximum atomic E-state index is 13.2. The number of halogens is 3. The first-order valence-corrected chi connectivity index (χ1v) is 8.55. The summed E-state index contributed by atoms with van der Waals surface area (Å²) >= 11 is 0. The molecule has 0 atom stereocenters. The predicted molar refractivity (Wildman–Crippen MR) is 98.8 cm³/mol. The zero-order chi connectivity index (χ0) is 19.6. The Balaban J connectivity index is 1.76. The smallest absolute Gasteiger partial charge is 0.433 e. The summed E-state index contributed by atoms with van der Waals surface area (Å²) in [5.74, 6) is 1.14. The van der Waals surface area contributed by atoms with Crippen LogP contribution >= 0.6 is 0 Å². The highest BCUT2D eigenvalue weighted by molar-refractivity contribution is 5.51. The normalized spacial score (nSPS) is 15.0. The predicted octanol–water partition coefficient (Wildman–Crippen LogP) is 2.90. The van der Waals surface area contributed by atoms with Crippen molar-refractivity contribution in [2.24, 2.45) is 0 Å². The second-order valence-electron chi connectivity index (χ2n) is 6.48. The van der Waals surface area contributed by atoms with Crippen LogP contribution in [-0.4, -0.2) is 57.4 Å². The molecule has 0 bridgehead atoms. The van der Waals surface area contributed by atoms with Crippen molar-refractivity contribution < 1.29 is 17.9 Å². The van der Waals surface area contributed by atoms with Gasteiger partial charge in [0.1, 0.15) is 11.6 Å². The maximum Gasteiger partial charge on any atom is 0.433 e. The van der Waals surface area contributed by atoms with E-state index in [4.69, 9.17) is 4.74 Å². The van der Waals surface area contributed by atoms with Gasteiger partial charge in [-0.2, -0.15) is 18.2 Å². The summed E-state index contributed by atoms with van der Waals surface area (Å²) in [6, 6.07) is 8.69. The molecule has 1 saturated heterocycles. The Bertz CT molecular complexity index is 772. The molecular formula is C18H22F3N5O. The average molecular weight is 381 g/mol. The number of benzene rings is 1. The number of rotatable bonds is 4. The van der Waals surface area contributed by atoms with E-state index in [0.717, 1.165) is 17.5 Å². The molecule has 0 saturated carbocycles. The second-order valence-corrected chi connectivity index (χ2v) is 6.48. The summed E-state index contributed by atoms with van der Waals surface area (Å²) in [6.45, 7) is 2.42. The van der Waals surface area contributed by atoms with Crippen molar-refractivity contribution >= 4 is 17.5 Å². The van der Waals surface area contributed by atoms with E-state index in [0.29, 0.717) is 26.2 Å². The summed E-state index contributed by atoms with van der Waals surface area (Å²) in [6.07, 6.45) is -4.51. The van der Waals surface area contributed by atoms with Gasteiger partial charge in [-0.1, -0.05) is 0 Å². The third-order valence-corrected chi connectivity index (χ3v) is 4.45. The van der Waals surface area contributed by atoms with Gasteiger partial charge < -0.3 is 19.4 Å². The number of hydrogen-bond acceptors (Lipinski definition) is 6. The first-order chi connectivity index (χ1) is 12.8. The van der Waals surface area contributed by atoms with Crippen LogP contribution in [0.15, 0.2) is 30.3 Å². The quantitative estimate of drug-likeness (QED) is 0.812. The van der Waals surface area contributed by atoms with Gasteiger partial charge in [-0.25, -0.2) is 4.98 Å². The lowest BCUT2D eigenvalue weighted by Crippen LogP contribution is -2.47. The number of methoxy groups -OCH3 is 1. The van der Waals surface area contributed by atoms with Gasteiger partial charge >= 0.3 is 6.18 Å². The van der Waals surface area contributed by atoms with Crippen LogP contribution < -0.4 is 19.4 Å². The molecule has 2 aromatic rings. The molecule has 1 aromatic carbocycles. The van der Waals surface area contributed by atoms with Crippen LogP contribution in [-0.2, 0) is 6.18 Å². The van der Waals surface area contributed by atoms with Gasteiger partial charge in [0.2, 0.25) is 5.95 Å². The summed E-state index contributed by atoms with van der Waals surface area (Å²) < 4.78 is 44.7. The minimum absolute atomic E-state index is 0.114. The minimum Gasteiger partial charge on any atom is -0.497 e. The average Bonchev–Trinajstić information content (AvgIpc) is 2.67. The van der Waals surface area contributed by atoms with Crippen molar-refractivity contribution in [2.75, 3.05) is 62.1 Å². The van der Waals surface area contributed by atoms with Crippen LogP contribution in [0, 0.1) is 0 Å². The Morgan fingerprint density at radius 2 is 1.56 bits per heavy atom. The zero-order valence-electron chi connectivity index (χ0n) is 15.5. The first-order valence-electron chi connectivity index (χ1n) is 8.55. The highest BCUT2D eigenvalue weighted by Crippen LogP contribution is 2.31. The molecule has 0 amide bonds. The fraction of sp³-hybridized carbons (Fsp3) is 0.444. The Morgan fingerprint density at radius 1 is 0.963 bits per heavy atom. The first kappa shape index (κ1) is 19.1. The molecule has 1 fully saturated rings. The van der Waals surface area contributed by atoms with Crippen LogP contribution in [0.3, 0.4) is 0 Å². The van der Waals surface area contributed by atoms with Crippen LogP contribution in [0.4, 0.5) is 30.6 Å². The van der Waals surface area contributed by atoms with E-state index in [9.17, 15) is 13.2 Å². The second kappa shape index (κ2) is 7.50. The number of anilines is 3. The lowest BCUT2D eigenvalue weighted by molar-refractivity contribution is -0.141. The fourth-order valence-electron chi connectivity index (χ4n) is 2.90. The SMILES string of the molecule is COc1ccc(N2CCN(c3nc(N(C)C)cc(C(F)(F)F)n3)CC2)cc1. The van der Waals surface area contributed by atoms with Crippen molar-refractivity contribution in [3.63, 3.8) is 0 Å². The third kappa shape index (κ3) is 4.35. The summed E-state index contributed by atoms with van der Waals surface area (Å²) in [7, 11) is 4.94. The summed E-state index contributed by atoms with van der Waals surface area (Å²) in [5.41, 5.74) is 0.128. The van der Waals surface area contributed by atoms with E-state index >= 15 is 0 Å². The largest absolute Gasteiger partial charge is 0.497 e. The van der Waals surface area contributed by atoms with Crippen LogP contribution in [0.5, 0.6) is 5.75 Å². The molecule has 0 spiro atoms. The van der Waals surface area contributed by atoms with Crippen molar-refractivity contribution in [2.45, 2.75) is 6.18 Å². The Kier molecular flexibility index (Phi) is 5.29.